The zero-order valence-electron chi connectivity index (χ0n) is 6.12. The van der Waals surface area contributed by atoms with Gasteiger partial charge in [-0.25, -0.2) is 0 Å². The average molecular weight is 186 g/mol. The standard InChI is InChI=1S/C8H10OS2/c10-6-8(4-9-5-8)7-2-1-3-11-7/h1-3,10H,4-6H2. The van der Waals surface area contributed by atoms with E-state index in [4.69, 9.17) is 4.74 Å². The number of thiol groups is 1. The number of rotatable bonds is 2. The van der Waals surface area contributed by atoms with Gasteiger partial charge in [-0.2, -0.15) is 12.6 Å². The Morgan fingerprint density at radius 1 is 1.64 bits per heavy atom. The Morgan fingerprint density at radius 3 is 2.82 bits per heavy atom. The minimum Gasteiger partial charge on any atom is -0.379 e. The first-order valence-electron chi connectivity index (χ1n) is 3.60. The number of thiophene rings is 1. The molecular weight excluding hydrogens is 176 g/mol. The highest BCUT2D eigenvalue weighted by Gasteiger charge is 2.39. The molecule has 1 fully saturated rings. The van der Waals surface area contributed by atoms with Gasteiger partial charge in [0.25, 0.3) is 0 Å². The molecule has 11 heavy (non-hydrogen) atoms. The van der Waals surface area contributed by atoms with E-state index in [0.29, 0.717) is 0 Å². The monoisotopic (exact) mass is 186 g/mol. The fraction of sp³-hybridized carbons (Fsp3) is 0.500. The normalized spacial score (nSPS) is 21.2. The molecule has 0 atom stereocenters. The zero-order valence-corrected chi connectivity index (χ0v) is 7.83. The van der Waals surface area contributed by atoms with Crippen LogP contribution in [-0.2, 0) is 10.2 Å². The molecule has 0 saturated carbocycles. The summed E-state index contributed by atoms with van der Waals surface area (Å²) >= 11 is 6.15. The largest absolute Gasteiger partial charge is 0.379 e. The van der Waals surface area contributed by atoms with E-state index in [9.17, 15) is 0 Å². The lowest BCUT2D eigenvalue weighted by Crippen LogP contribution is -2.47. The highest BCUT2D eigenvalue weighted by molar-refractivity contribution is 7.80. The van der Waals surface area contributed by atoms with E-state index < -0.39 is 0 Å². The Bertz CT molecular complexity index is 221. The van der Waals surface area contributed by atoms with Crippen molar-refractivity contribution in [3.63, 3.8) is 0 Å². The topological polar surface area (TPSA) is 9.23 Å². The predicted molar refractivity (Wildman–Crippen MR) is 50.7 cm³/mol. The Morgan fingerprint density at radius 2 is 2.45 bits per heavy atom. The zero-order chi connectivity index (χ0) is 7.73. The van der Waals surface area contributed by atoms with E-state index in [2.05, 4.69) is 30.1 Å². The van der Waals surface area contributed by atoms with Crippen molar-refractivity contribution in [3.8, 4) is 0 Å². The van der Waals surface area contributed by atoms with Gasteiger partial charge in [-0.05, 0) is 11.4 Å². The lowest BCUT2D eigenvalue weighted by atomic mass is 9.87. The van der Waals surface area contributed by atoms with Crippen LogP contribution in [0.5, 0.6) is 0 Å². The maximum absolute atomic E-state index is 5.21. The van der Waals surface area contributed by atoms with Crippen molar-refractivity contribution < 1.29 is 4.74 Å². The van der Waals surface area contributed by atoms with Gasteiger partial charge in [-0.1, -0.05) is 6.07 Å². The molecule has 1 saturated heterocycles. The van der Waals surface area contributed by atoms with E-state index >= 15 is 0 Å². The summed E-state index contributed by atoms with van der Waals surface area (Å²) in [4.78, 5) is 1.42. The second kappa shape index (κ2) is 2.81. The van der Waals surface area contributed by atoms with E-state index in [-0.39, 0.29) is 5.41 Å². The molecule has 1 nitrogen and oxygen atoms in total. The van der Waals surface area contributed by atoms with Crippen LogP contribution < -0.4 is 0 Å². The van der Waals surface area contributed by atoms with Crippen LogP contribution >= 0.6 is 24.0 Å². The molecule has 0 unspecified atom stereocenters. The third kappa shape index (κ3) is 1.11. The van der Waals surface area contributed by atoms with Gasteiger partial charge in [-0.3, -0.25) is 0 Å². The Kier molecular flexibility index (Phi) is 1.95. The molecule has 3 heteroatoms. The van der Waals surface area contributed by atoms with Gasteiger partial charge >= 0.3 is 0 Å². The first kappa shape index (κ1) is 7.65. The highest BCUT2D eigenvalue weighted by Crippen LogP contribution is 2.35. The van der Waals surface area contributed by atoms with Gasteiger partial charge in [0.2, 0.25) is 0 Å². The number of ether oxygens (including phenoxy) is 1. The van der Waals surface area contributed by atoms with Crippen molar-refractivity contribution in [1.29, 1.82) is 0 Å². The molecule has 1 aromatic heterocycles. The number of hydrogen-bond acceptors (Lipinski definition) is 3. The van der Waals surface area contributed by atoms with E-state index in [1.54, 1.807) is 11.3 Å². The Hall–Kier alpha value is 0.01000. The van der Waals surface area contributed by atoms with Crippen LogP contribution in [0.1, 0.15) is 4.88 Å². The van der Waals surface area contributed by atoms with Gasteiger partial charge in [0.05, 0.1) is 18.6 Å². The molecule has 60 valence electrons. The molecule has 0 N–H and O–H groups in total. The predicted octanol–water partition coefficient (Wildman–Crippen LogP) is 1.95. The fourth-order valence-electron chi connectivity index (χ4n) is 1.24. The van der Waals surface area contributed by atoms with Gasteiger partial charge < -0.3 is 4.74 Å². The van der Waals surface area contributed by atoms with Crippen LogP contribution in [-0.4, -0.2) is 19.0 Å². The lowest BCUT2D eigenvalue weighted by Gasteiger charge is -2.39. The molecular formula is C8H10OS2. The summed E-state index contributed by atoms with van der Waals surface area (Å²) in [5.41, 5.74) is 0.247. The first-order valence-corrected chi connectivity index (χ1v) is 5.11. The van der Waals surface area contributed by atoms with Crippen molar-refractivity contribution in [2.24, 2.45) is 0 Å². The summed E-state index contributed by atoms with van der Waals surface area (Å²) in [6.07, 6.45) is 0. The third-order valence-corrected chi connectivity index (χ3v) is 3.82. The molecule has 0 amide bonds. The molecule has 0 aliphatic carbocycles. The Balaban J connectivity index is 2.25. The van der Waals surface area contributed by atoms with Crippen molar-refractivity contribution in [2.45, 2.75) is 5.41 Å². The maximum Gasteiger partial charge on any atom is 0.0601 e. The molecule has 1 aliphatic heterocycles. The molecule has 1 aliphatic rings. The second-order valence-corrected chi connectivity index (χ2v) is 4.17. The van der Waals surface area contributed by atoms with Crippen LogP contribution in [0.25, 0.3) is 0 Å². The quantitative estimate of drug-likeness (QED) is 0.695. The summed E-state index contributed by atoms with van der Waals surface area (Å²) < 4.78 is 5.21. The molecule has 0 spiro atoms. The average Bonchev–Trinajstić information content (AvgIpc) is 2.39. The minimum absolute atomic E-state index is 0.247. The summed E-state index contributed by atoms with van der Waals surface area (Å²) in [5, 5.41) is 2.11. The molecule has 2 heterocycles. The molecule has 0 bridgehead atoms. The van der Waals surface area contributed by atoms with Gasteiger partial charge in [-0.15, -0.1) is 11.3 Å². The summed E-state index contributed by atoms with van der Waals surface area (Å²) in [6.45, 7) is 1.69. The van der Waals surface area contributed by atoms with Crippen LogP contribution in [0, 0.1) is 0 Å². The summed E-state index contributed by atoms with van der Waals surface area (Å²) in [7, 11) is 0. The summed E-state index contributed by atoms with van der Waals surface area (Å²) in [6, 6.07) is 4.26. The molecule has 2 rings (SSSR count). The molecule has 0 aromatic carbocycles. The van der Waals surface area contributed by atoms with Crippen LogP contribution in [0.15, 0.2) is 17.5 Å². The first-order chi connectivity index (χ1) is 5.37. The molecule has 1 aromatic rings. The van der Waals surface area contributed by atoms with Gasteiger partial charge in [0.1, 0.15) is 0 Å². The minimum atomic E-state index is 0.247. The van der Waals surface area contributed by atoms with Crippen molar-refractivity contribution >= 4 is 24.0 Å². The number of hydrogen-bond donors (Lipinski definition) is 1. The second-order valence-electron chi connectivity index (χ2n) is 2.91. The van der Waals surface area contributed by atoms with Crippen molar-refractivity contribution in [3.05, 3.63) is 22.4 Å². The van der Waals surface area contributed by atoms with Crippen LogP contribution in [0.4, 0.5) is 0 Å². The van der Waals surface area contributed by atoms with E-state index in [0.717, 1.165) is 19.0 Å². The van der Waals surface area contributed by atoms with Crippen molar-refractivity contribution in [2.75, 3.05) is 19.0 Å². The summed E-state index contributed by atoms with van der Waals surface area (Å²) in [5.74, 6) is 0.896. The smallest absolute Gasteiger partial charge is 0.0601 e. The van der Waals surface area contributed by atoms with Gasteiger partial charge in [0.15, 0.2) is 0 Å². The van der Waals surface area contributed by atoms with E-state index in [1.165, 1.54) is 4.88 Å². The van der Waals surface area contributed by atoms with Crippen LogP contribution in [0.2, 0.25) is 0 Å². The molecule has 0 radical (unpaired) electrons. The fourth-order valence-corrected chi connectivity index (χ4v) is 2.60. The Labute approximate surface area is 75.8 Å². The maximum atomic E-state index is 5.21. The van der Waals surface area contributed by atoms with Crippen LogP contribution in [0.3, 0.4) is 0 Å². The van der Waals surface area contributed by atoms with E-state index in [1.807, 2.05) is 0 Å². The third-order valence-electron chi connectivity index (χ3n) is 2.10. The van der Waals surface area contributed by atoms with Crippen molar-refractivity contribution in [1.82, 2.24) is 0 Å². The van der Waals surface area contributed by atoms with Gasteiger partial charge in [0, 0.05) is 10.6 Å². The highest BCUT2D eigenvalue weighted by atomic mass is 32.1. The lowest BCUT2D eigenvalue weighted by molar-refractivity contribution is -0.0452. The SMILES string of the molecule is SCC1(c2cccs2)COC1.